The van der Waals surface area contributed by atoms with Crippen molar-refractivity contribution in [1.82, 2.24) is 0 Å². The molecule has 2 aromatic carbocycles. The zero-order chi connectivity index (χ0) is 15.9. The Bertz CT molecular complexity index is 587. The molecular weight excluding hydrogens is 276 g/mol. The molecule has 0 spiro atoms. The van der Waals surface area contributed by atoms with Crippen LogP contribution in [-0.4, -0.2) is 27.3 Å². The highest BCUT2D eigenvalue weighted by Crippen LogP contribution is 2.34. The number of ether oxygens (including phenoxy) is 2. The van der Waals surface area contributed by atoms with Crippen LogP contribution >= 0.6 is 0 Å². The second-order valence-electron chi connectivity index (χ2n) is 4.98. The number of rotatable bonds is 7. The minimum absolute atomic E-state index is 0.0493. The topological polar surface area (TPSA) is 47.7 Å². The zero-order valence-corrected chi connectivity index (χ0v) is 13.5. The summed E-state index contributed by atoms with van der Waals surface area (Å²) in [6.45, 7) is 3.50. The molecule has 0 amide bonds. The third-order valence-electron chi connectivity index (χ3n) is 3.83. The molecule has 0 fully saturated rings. The number of hydrogen-bond donors (Lipinski definition) is 1. The number of anilines is 1. The van der Waals surface area contributed by atoms with Crippen LogP contribution in [0, 0.1) is 0 Å². The highest BCUT2D eigenvalue weighted by molar-refractivity contribution is 5.52. The Morgan fingerprint density at radius 2 is 1.77 bits per heavy atom. The monoisotopic (exact) mass is 300 g/mol. The SMILES string of the molecule is CCN(c1ccccc1)C(CN)c1ccc(OC)cc1OC. The van der Waals surface area contributed by atoms with Crippen molar-refractivity contribution in [1.29, 1.82) is 0 Å². The molecule has 4 heteroatoms. The van der Waals surface area contributed by atoms with Crippen LogP contribution in [0.2, 0.25) is 0 Å². The molecule has 0 bridgehead atoms. The first-order valence-electron chi connectivity index (χ1n) is 7.48. The van der Waals surface area contributed by atoms with Crippen LogP contribution in [0.25, 0.3) is 0 Å². The Morgan fingerprint density at radius 1 is 1.05 bits per heavy atom. The Morgan fingerprint density at radius 3 is 2.32 bits per heavy atom. The van der Waals surface area contributed by atoms with Gasteiger partial charge in [0, 0.05) is 30.4 Å². The van der Waals surface area contributed by atoms with Crippen molar-refractivity contribution in [2.75, 3.05) is 32.2 Å². The maximum Gasteiger partial charge on any atom is 0.127 e. The summed E-state index contributed by atoms with van der Waals surface area (Å²) in [6, 6.07) is 16.2. The molecule has 0 aromatic heterocycles. The van der Waals surface area contributed by atoms with Crippen LogP contribution < -0.4 is 20.1 Å². The fourth-order valence-electron chi connectivity index (χ4n) is 2.72. The fourth-order valence-corrected chi connectivity index (χ4v) is 2.72. The predicted molar refractivity (Wildman–Crippen MR) is 90.8 cm³/mol. The molecule has 1 unspecified atom stereocenters. The van der Waals surface area contributed by atoms with E-state index < -0.39 is 0 Å². The second kappa shape index (κ2) is 7.71. The van der Waals surface area contributed by atoms with E-state index in [9.17, 15) is 0 Å². The molecule has 0 aliphatic rings. The van der Waals surface area contributed by atoms with Gasteiger partial charge in [0.15, 0.2) is 0 Å². The summed E-state index contributed by atoms with van der Waals surface area (Å²) in [4.78, 5) is 2.28. The quantitative estimate of drug-likeness (QED) is 0.853. The molecule has 0 aliphatic carbocycles. The van der Waals surface area contributed by atoms with Crippen molar-refractivity contribution < 1.29 is 9.47 Å². The standard InChI is InChI=1S/C18H24N2O2/c1-4-20(14-8-6-5-7-9-14)17(13-19)16-11-10-15(21-2)12-18(16)22-3/h5-12,17H,4,13,19H2,1-3H3. The van der Waals surface area contributed by atoms with E-state index in [1.54, 1.807) is 14.2 Å². The van der Waals surface area contributed by atoms with Gasteiger partial charge in [0.25, 0.3) is 0 Å². The number of para-hydroxylation sites is 1. The van der Waals surface area contributed by atoms with Crippen molar-refractivity contribution in [3.8, 4) is 11.5 Å². The predicted octanol–water partition coefficient (Wildman–Crippen LogP) is 3.23. The van der Waals surface area contributed by atoms with Gasteiger partial charge in [0.05, 0.1) is 20.3 Å². The molecule has 0 saturated carbocycles. The van der Waals surface area contributed by atoms with Crippen molar-refractivity contribution >= 4 is 5.69 Å². The summed E-state index contributed by atoms with van der Waals surface area (Å²) >= 11 is 0. The highest BCUT2D eigenvalue weighted by atomic mass is 16.5. The lowest BCUT2D eigenvalue weighted by Gasteiger charge is -2.33. The van der Waals surface area contributed by atoms with Crippen LogP contribution in [-0.2, 0) is 0 Å². The minimum atomic E-state index is 0.0493. The lowest BCUT2D eigenvalue weighted by molar-refractivity contribution is 0.387. The summed E-state index contributed by atoms with van der Waals surface area (Å²) in [5, 5.41) is 0. The van der Waals surface area contributed by atoms with Crippen molar-refractivity contribution in [2.45, 2.75) is 13.0 Å². The Kier molecular flexibility index (Phi) is 5.67. The Labute approximate surface area is 132 Å². The van der Waals surface area contributed by atoms with Crippen molar-refractivity contribution in [3.63, 3.8) is 0 Å². The van der Waals surface area contributed by atoms with E-state index >= 15 is 0 Å². The molecular formula is C18H24N2O2. The van der Waals surface area contributed by atoms with Crippen molar-refractivity contribution in [3.05, 3.63) is 54.1 Å². The molecule has 118 valence electrons. The number of nitrogens with zero attached hydrogens (tertiary/aromatic N) is 1. The van der Waals surface area contributed by atoms with Crippen LogP contribution in [0.4, 0.5) is 5.69 Å². The van der Waals surface area contributed by atoms with Gasteiger partial charge in [0.2, 0.25) is 0 Å². The normalized spacial score (nSPS) is 11.8. The van der Waals surface area contributed by atoms with E-state index in [1.807, 2.05) is 36.4 Å². The molecule has 1 atom stereocenters. The number of likely N-dealkylation sites (N-methyl/N-ethyl adjacent to an activating group) is 1. The summed E-state index contributed by atoms with van der Waals surface area (Å²) in [5.74, 6) is 1.57. The highest BCUT2D eigenvalue weighted by Gasteiger charge is 2.22. The smallest absolute Gasteiger partial charge is 0.127 e. The summed E-state index contributed by atoms with van der Waals surface area (Å²) < 4.78 is 10.8. The van der Waals surface area contributed by atoms with Crippen LogP contribution in [0.3, 0.4) is 0 Å². The second-order valence-corrected chi connectivity index (χ2v) is 4.98. The van der Waals surface area contributed by atoms with Gasteiger partial charge in [-0.3, -0.25) is 0 Å². The van der Waals surface area contributed by atoms with E-state index in [-0.39, 0.29) is 6.04 Å². The van der Waals surface area contributed by atoms with Gasteiger partial charge in [-0.2, -0.15) is 0 Å². The largest absolute Gasteiger partial charge is 0.497 e. The number of methoxy groups -OCH3 is 2. The van der Waals surface area contributed by atoms with Gasteiger partial charge < -0.3 is 20.1 Å². The van der Waals surface area contributed by atoms with Crippen LogP contribution in [0.5, 0.6) is 11.5 Å². The first kappa shape index (κ1) is 16.2. The van der Waals surface area contributed by atoms with Gasteiger partial charge in [-0.1, -0.05) is 18.2 Å². The number of nitrogens with two attached hydrogens (primary N) is 1. The van der Waals surface area contributed by atoms with Crippen LogP contribution in [0.15, 0.2) is 48.5 Å². The molecule has 2 aromatic rings. The van der Waals surface area contributed by atoms with Gasteiger partial charge in [-0.05, 0) is 31.2 Å². The van der Waals surface area contributed by atoms with Gasteiger partial charge in [-0.15, -0.1) is 0 Å². The van der Waals surface area contributed by atoms with E-state index in [0.29, 0.717) is 6.54 Å². The molecule has 2 rings (SSSR count). The minimum Gasteiger partial charge on any atom is -0.497 e. The summed E-state index contributed by atoms with van der Waals surface area (Å²) in [7, 11) is 3.32. The van der Waals surface area contributed by atoms with E-state index in [1.165, 1.54) is 0 Å². The van der Waals surface area contributed by atoms with Gasteiger partial charge >= 0.3 is 0 Å². The first-order valence-corrected chi connectivity index (χ1v) is 7.48. The lowest BCUT2D eigenvalue weighted by atomic mass is 10.0. The van der Waals surface area contributed by atoms with E-state index in [4.69, 9.17) is 15.2 Å². The maximum absolute atomic E-state index is 6.08. The number of benzene rings is 2. The molecule has 4 nitrogen and oxygen atoms in total. The van der Waals surface area contributed by atoms with Gasteiger partial charge in [-0.25, -0.2) is 0 Å². The van der Waals surface area contributed by atoms with Crippen molar-refractivity contribution in [2.24, 2.45) is 5.73 Å². The molecule has 22 heavy (non-hydrogen) atoms. The van der Waals surface area contributed by atoms with Gasteiger partial charge in [0.1, 0.15) is 11.5 Å². The molecule has 0 aliphatic heterocycles. The van der Waals surface area contributed by atoms with E-state index in [2.05, 4.69) is 24.0 Å². The fraction of sp³-hybridized carbons (Fsp3) is 0.333. The average molecular weight is 300 g/mol. The summed E-state index contributed by atoms with van der Waals surface area (Å²) in [6.07, 6.45) is 0. The third kappa shape index (κ3) is 3.34. The average Bonchev–Trinajstić information content (AvgIpc) is 2.59. The van der Waals surface area contributed by atoms with E-state index in [0.717, 1.165) is 29.3 Å². The Balaban J connectivity index is 2.42. The Hall–Kier alpha value is -2.20. The molecule has 0 heterocycles. The third-order valence-corrected chi connectivity index (χ3v) is 3.83. The molecule has 0 saturated heterocycles. The maximum atomic E-state index is 6.08. The zero-order valence-electron chi connectivity index (χ0n) is 13.5. The lowest BCUT2D eigenvalue weighted by Crippen LogP contribution is -2.34. The first-order chi connectivity index (χ1) is 10.7. The number of hydrogen-bond acceptors (Lipinski definition) is 4. The summed E-state index contributed by atoms with van der Waals surface area (Å²) in [5.41, 5.74) is 8.30. The molecule has 2 N–H and O–H groups in total. The molecule has 0 radical (unpaired) electrons. The van der Waals surface area contributed by atoms with Crippen LogP contribution in [0.1, 0.15) is 18.5 Å².